The number of carbonyl (C=O) groups is 1. The summed E-state index contributed by atoms with van der Waals surface area (Å²) in [6.45, 7) is 1.18. The molecule has 1 aromatic heterocycles. The van der Waals surface area contributed by atoms with Crippen molar-refractivity contribution >= 4 is 28.4 Å². The zero-order chi connectivity index (χ0) is 12.5. The van der Waals surface area contributed by atoms with Gasteiger partial charge in [-0.15, -0.1) is 0 Å². The number of hydrogen-bond donors (Lipinski definition) is 1. The van der Waals surface area contributed by atoms with E-state index in [1.54, 1.807) is 0 Å². The summed E-state index contributed by atoms with van der Waals surface area (Å²) in [5.41, 5.74) is 1.00. The van der Waals surface area contributed by atoms with Gasteiger partial charge in [-0.05, 0) is 37.0 Å². The Morgan fingerprint density at radius 1 is 1.39 bits per heavy atom. The highest BCUT2D eigenvalue weighted by molar-refractivity contribution is 6.35. The molecule has 1 heterocycles. The highest BCUT2D eigenvalue weighted by atomic mass is 35.5. The number of carbonyl (C=O) groups excluding carboxylic acids is 1. The van der Waals surface area contributed by atoms with Crippen molar-refractivity contribution in [1.29, 1.82) is 0 Å². The van der Waals surface area contributed by atoms with Gasteiger partial charge in [0.1, 0.15) is 6.54 Å². The van der Waals surface area contributed by atoms with Crippen molar-refractivity contribution < 1.29 is 4.79 Å². The predicted molar refractivity (Wildman–Crippen MR) is 72.7 cm³/mol. The first-order chi connectivity index (χ1) is 8.74. The van der Waals surface area contributed by atoms with Crippen LogP contribution in [-0.2, 0) is 11.3 Å². The van der Waals surface area contributed by atoms with Gasteiger partial charge in [0, 0.05) is 28.7 Å². The molecule has 1 aliphatic carbocycles. The van der Waals surface area contributed by atoms with Crippen molar-refractivity contribution in [2.45, 2.75) is 19.4 Å². The number of fused-ring (bicyclic) bond motifs is 1. The molecule has 0 spiro atoms. The van der Waals surface area contributed by atoms with Crippen LogP contribution in [0.4, 0.5) is 0 Å². The zero-order valence-corrected chi connectivity index (χ0v) is 10.8. The number of nitrogens with one attached hydrogen (secondary N) is 1. The minimum Gasteiger partial charge on any atom is -0.354 e. The normalized spacial score (nSPS) is 14.9. The number of aromatic nitrogens is 1. The third-order valence-electron chi connectivity index (χ3n) is 3.36. The number of halogens is 1. The Balaban J connectivity index is 1.73. The molecule has 0 radical (unpaired) electrons. The number of amides is 1. The fourth-order valence-corrected chi connectivity index (χ4v) is 2.35. The van der Waals surface area contributed by atoms with Crippen molar-refractivity contribution in [1.82, 2.24) is 9.88 Å². The van der Waals surface area contributed by atoms with Gasteiger partial charge in [0.25, 0.3) is 0 Å². The van der Waals surface area contributed by atoms with Gasteiger partial charge in [-0.25, -0.2) is 0 Å². The van der Waals surface area contributed by atoms with E-state index in [1.165, 1.54) is 12.8 Å². The average Bonchev–Trinajstić information content (AvgIpc) is 3.10. The van der Waals surface area contributed by atoms with Gasteiger partial charge in [-0.2, -0.15) is 0 Å². The molecule has 2 aromatic rings. The third-order valence-corrected chi connectivity index (χ3v) is 3.69. The quantitative estimate of drug-likeness (QED) is 0.903. The Labute approximate surface area is 111 Å². The molecular weight excluding hydrogens is 248 g/mol. The van der Waals surface area contributed by atoms with E-state index in [1.807, 2.05) is 35.0 Å². The van der Waals surface area contributed by atoms with Gasteiger partial charge < -0.3 is 9.88 Å². The van der Waals surface area contributed by atoms with E-state index in [0.29, 0.717) is 12.5 Å². The smallest absolute Gasteiger partial charge is 0.239 e. The Morgan fingerprint density at radius 3 is 3.00 bits per heavy atom. The van der Waals surface area contributed by atoms with Gasteiger partial charge in [0.15, 0.2) is 0 Å². The zero-order valence-electron chi connectivity index (χ0n) is 10.0. The van der Waals surface area contributed by atoms with Crippen LogP contribution in [0.25, 0.3) is 10.9 Å². The van der Waals surface area contributed by atoms with E-state index in [2.05, 4.69) is 5.32 Å². The van der Waals surface area contributed by atoms with E-state index < -0.39 is 0 Å². The maximum Gasteiger partial charge on any atom is 0.239 e. The summed E-state index contributed by atoms with van der Waals surface area (Å²) in [5, 5.41) is 4.69. The highest BCUT2D eigenvalue weighted by Crippen LogP contribution is 2.27. The molecule has 4 heteroatoms. The second-order valence-electron chi connectivity index (χ2n) is 4.86. The lowest BCUT2D eigenvalue weighted by Crippen LogP contribution is -2.29. The number of benzene rings is 1. The van der Waals surface area contributed by atoms with Gasteiger partial charge >= 0.3 is 0 Å². The first-order valence-electron chi connectivity index (χ1n) is 6.24. The fraction of sp³-hybridized carbons (Fsp3) is 0.357. The summed E-state index contributed by atoms with van der Waals surface area (Å²) in [7, 11) is 0. The van der Waals surface area contributed by atoms with Gasteiger partial charge in [0.05, 0.1) is 0 Å². The summed E-state index contributed by atoms with van der Waals surface area (Å²) < 4.78 is 1.93. The predicted octanol–water partition coefficient (Wildman–Crippen LogP) is 2.82. The second-order valence-corrected chi connectivity index (χ2v) is 5.27. The number of rotatable bonds is 4. The molecule has 1 aromatic carbocycles. The van der Waals surface area contributed by atoms with Crippen molar-refractivity contribution in [3.63, 3.8) is 0 Å². The molecule has 3 rings (SSSR count). The molecule has 0 unspecified atom stereocenters. The second kappa shape index (κ2) is 4.65. The van der Waals surface area contributed by atoms with Crippen LogP contribution in [0.1, 0.15) is 12.8 Å². The maximum atomic E-state index is 11.8. The van der Waals surface area contributed by atoms with E-state index in [0.717, 1.165) is 22.5 Å². The first-order valence-corrected chi connectivity index (χ1v) is 6.62. The van der Waals surface area contributed by atoms with Crippen molar-refractivity contribution in [2.24, 2.45) is 5.92 Å². The lowest BCUT2D eigenvalue weighted by atomic mass is 10.2. The Bertz CT molecular complexity index is 586. The minimum absolute atomic E-state index is 0.0689. The molecule has 0 bridgehead atoms. The molecular formula is C14H15ClN2O. The topological polar surface area (TPSA) is 34.0 Å². The number of hydrogen-bond acceptors (Lipinski definition) is 1. The van der Waals surface area contributed by atoms with Crippen LogP contribution in [0.5, 0.6) is 0 Å². The summed E-state index contributed by atoms with van der Waals surface area (Å²) >= 11 is 6.10. The standard InChI is InChI=1S/C14H15ClN2O/c15-12-2-1-3-13-11(12)6-7-17(13)9-14(18)16-8-10-4-5-10/h1-3,6-7,10H,4-5,8-9H2,(H,16,18). The van der Waals surface area contributed by atoms with Gasteiger partial charge in [0.2, 0.25) is 5.91 Å². The summed E-state index contributed by atoms with van der Waals surface area (Å²) in [5.74, 6) is 0.782. The van der Waals surface area contributed by atoms with Crippen molar-refractivity contribution in [3.8, 4) is 0 Å². The van der Waals surface area contributed by atoms with Crippen molar-refractivity contribution in [2.75, 3.05) is 6.54 Å². The molecule has 1 saturated carbocycles. The van der Waals surface area contributed by atoms with Gasteiger partial charge in [-0.3, -0.25) is 4.79 Å². The van der Waals surface area contributed by atoms with Crippen LogP contribution in [0.15, 0.2) is 30.5 Å². The largest absolute Gasteiger partial charge is 0.354 e. The molecule has 1 N–H and O–H groups in total. The van der Waals surface area contributed by atoms with E-state index in [-0.39, 0.29) is 5.91 Å². The molecule has 1 amide bonds. The Morgan fingerprint density at radius 2 is 2.22 bits per heavy atom. The molecule has 0 saturated heterocycles. The molecule has 18 heavy (non-hydrogen) atoms. The first kappa shape index (κ1) is 11.6. The minimum atomic E-state index is 0.0689. The Kier molecular flexibility index (Phi) is 3.00. The van der Waals surface area contributed by atoms with Crippen LogP contribution in [0.2, 0.25) is 5.02 Å². The summed E-state index contributed by atoms with van der Waals surface area (Å²) in [6, 6.07) is 7.70. The summed E-state index contributed by atoms with van der Waals surface area (Å²) in [6.07, 6.45) is 4.41. The van der Waals surface area contributed by atoms with Crippen LogP contribution in [0, 0.1) is 5.92 Å². The fourth-order valence-electron chi connectivity index (χ4n) is 2.11. The Hall–Kier alpha value is -1.48. The van der Waals surface area contributed by atoms with Crippen LogP contribution in [0.3, 0.4) is 0 Å². The maximum absolute atomic E-state index is 11.8. The highest BCUT2D eigenvalue weighted by Gasteiger charge is 2.21. The van der Waals surface area contributed by atoms with Crippen LogP contribution < -0.4 is 5.32 Å². The lowest BCUT2D eigenvalue weighted by molar-refractivity contribution is -0.121. The molecule has 1 fully saturated rings. The SMILES string of the molecule is O=C(Cn1ccc2c(Cl)cccc21)NCC1CC1. The molecule has 3 nitrogen and oxygen atoms in total. The lowest BCUT2D eigenvalue weighted by Gasteiger charge is -2.07. The average molecular weight is 263 g/mol. The van der Waals surface area contributed by atoms with Gasteiger partial charge in [-0.1, -0.05) is 17.7 Å². The van der Waals surface area contributed by atoms with Crippen LogP contribution in [-0.4, -0.2) is 17.0 Å². The third kappa shape index (κ3) is 2.36. The number of nitrogens with zero attached hydrogens (tertiary/aromatic N) is 1. The van der Waals surface area contributed by atoms with Crippen LogP contribution >= 0.6 is 11.6 Å². The molecule has 0 aliphatic heterocycles. The molecule has 0 atom stereocenters. The van der Waals surface area contributed by atoms with Crippen molar-refractivity contribution in [3.05, 3.63) is 35.5 Å². The molecule has 94 valence electrons. The van der Waals surface area contributed by atoms with E-state index in [4.69, 9.17) is 11.6 Å². The van der Waals surface area contributed by atoms with E-state index in [9.17, 15) is 4.79 Å². The summed E-state index contributed by atoms with van der Waals surface area (Å²) in [4.78, 5) is 11.8. The molecule has 1 aliphatic rings. The van der Waals surface area contributed by atoms with E-state index >= 15 is 0 Å². The monoisotopic (exact) mass is 262 g/mol.